The number of halogens is 4. The molecule has 0 bridgehead atoms. The monoisotopic (exact) mass is 608 g/mol. The Bertz CT molecular complexity index is 1840. The van der Waals surface area contributed by atoms with Gasteiger partial charge in [0.15, 0.2) is 0 Å². The number of carbonyl (C=O) groups is 1. The fourth-order valence-electron chi connectivity index (χ4n) is 4.35. The summed E-state index contributed by atoms with van der Waals surface area (Å²) in [6.07, 6.45) is -1.85. The van der Waals surface area contributed by atoms with Crippen molar-refractivity contribution in [3.8, 4) is 5.69 Å². The van der Waals surface area contributed by atoms with Gasteiger partial charge >= 0.3 is 12.1 Å². The molecular weight excluding hydrogens is 589 g/mol. The molecule has 0 saturated carbocycles. The Morgan fingerprint density at radius 2 is 1.90 bits per heavy atom. The third-order valence-electron chi connectivity index (χ3n) is 6.35. The van der Waals surface area contributed by atoms with Gasteiger partial charge in [-0.2, -0.15) is 21.6 Å². The number of fused-ring (bicyclic) bond motifs is 1. The van der Waals surface area contributed by atoms with Crippen molar-refractivity contribution >= 4 is 49.9 Å². The third-order valence-corrected chi connectivity index (χ3v) is 8.13. The Morgan fingerprint density at radius 1 is 1.12 bits per heavy atom. The minimum absolute atomic E-state index is 0.256. The SMILES string of the molecule is CN1CC=C(c2cc(Cl)ccc2-n2c(=O)ccc3cc(S(=O)(=O)N(OC(=O)C(F)(F)F)c4ccon4)ccc32)CC1. The van der Waals surface area contributed by atoms with Crippen molar-refractivity contribution in [3.05, 3.63) is 87.9 Å². The number of aromatic nitrogens is 2. The van der Waals surface area contributed by atoms with Gasteiger partial charge in [0.05, 0.1) is 16.1 Å². The Labute approximate surface area is 235 Å². The second-order valence-corrected chi connectivity index (χ2v) is 11.3. The van der Waals surface area contributed by atoms with Gasteiger partial charge in [0.2, 0.25) is 5.82 Å². The second kappa shape index (κ2) is 10.7. The Kier molecular flexibility index (Phi) is 7.40. The summed E-state index contributed by atoms with van der Waals surface area (Å²) in [4.78, 5) is 30.5. The van der Waals surface area contributed by atoms with Crippen LogP contribution in [0.4, 0.5) is 19.0 Å². The van der Waals surface area contributed by atoms with Gasteiger partial charge in [-0.1, -0.05) is 27.3 Å². The second-order valence-electron chi connectivity index (χ2n) is 9.10. The maximum atomic E-state index is 13.4. The Morgan fingerprint density at radius 3 is 2.56 bits per heavy atom. The van der Waals surface area contributed by atoms with Gasteiger partial charge in [0.25, 0.3) is 15.6 Å². The van der Waals surface area contributed by atoms with Crippen LogP contribution in [0.2, 0.25) is 5.02 Å². The molecule has 4 aromatic rings. The largest absolute Gasteiger partial charge is 0.493 e. The molecule has 0 atom stereocenters. The van der Waals surface area contributed by atoms with E-state index >= 15 is 0 Å². The molecule has 10 nitrogen and oxygen atoms in total. The van der Waals surface area contributed by atoms with Crippen LogP contribution in [0.25, 0.3) is 22.2 Å². The fraction of sp³-hybridized carbons (Fsp3) is 0.192. The van der Waals surface area contributed by atoms with Crippen molar-refractivity contribution in [2.75, 3.05) is 24.6 Å². The summed E-state index contributed by atoms with van der Waals surface area (Å²) in [7, 11) is -2.96. The van der Waals surface area contributed by atoms with Crippen LogP contribution in [0.1, 0.15) is 12.0 Å². The molecule has 3 heterocycles. The summed E-state index contributed by atoms with van der Waals surface area (Å²) in [5.41, 5.74) is 2.13. The topological polar surface area (TPSA) is 115 Å². The molecule has 41 heavy (non-hydrogen) atoms. The lowest BCUT2D eigenvalue weighted by Crippen LogP contribution is -2.39. The molecule has 15 heteroatoms. The molecule has 0 N–H and O–H groups in total. The minimum Gasteiger partial charge on any atom is -0.362 e. The van der Waals surface area contributed by atoms with E-state index in [2.05, 4.69) is 19.4 Å². The standard InChI is InChI=1S/C26H20ClF3N4O6S/c1-32-11-8-16(9-12-32)20-15-18(27)3-5-22(20)33-21-6-4-19(14-17(21)2-7-24(33)35)41(37,38)34(23-10-13-39-31-23)40-25(36)26(28,29)30/h2-8,10,13-15H,9,11-12H2,1H3. The number of hydrogen-bond acceptors (Lipinski definition) is 8. The normalized spacial score (nSPS) is 14.6. The summed E-state index contributed by atoms with van der Waals surface area (Å²) in [6.45, 7) is 1.50. The smallest absolute Gasteiger partial charge is 0.362 e. The summed E-state index contributed by atoms with van der Waals surface area (Å²) in [5, 5.41) is 4.02. The van der Waals surface area contributed by atoms with Gasteiger partial charge in [-0.05, 0) is 61.5 Å². The number of likely N-dealkylation sites (N-methyl/N-ethyl adjacent to an activating group) is 1. The van der Waals surface area contributed by atoms with Crippen LogP contribution in [0.15, 0.2) is 81.1 Å². The lowest BCUT2D eigenvalue weighted by atomic mass is 9.97. The van der Waals surface area contributed by atoms with Crippen LogP contribution < -0.4 is 10.0 Å². The molecule has 0 amide bonds. The van der Waals surface area contributed by atoms with Gasteiger partial charge < -0.3 is 14.3 Å². The minimum atomic E-state index is -5.49. The number of rotatable bonds is 6. The summed E-state index contributed by atoms with van der Waals surface area (Å²) >= 11 is 6.30. The van der Waals surface area contributed by atoms with Gasteiger partial charge in [0.1, 0.15) is 6.26 Å². The first-order valence-electron chi connectivity index (χ1n) is 11.9. The van der Waals surface area contributed by atoms with E-state index in [0.29, 0.717) is 29.2 Å². The van der Waals surface area contributed by atoms with E-state index in [4.69, 9.17) is 11.6 Å². The predicted octanol–water partition coefficient (Wildman–Crippen LogP) is 4.57. The van der Waals surface area contributed by atoms with Crippen molar-refractivity contribution in [2.24, 2.45) is 0 Å². The van der Waals surface area contributed by atoms with E-state index < -0.39 is 38.4 Å². The van der Waals surface area contributed by atoms with Crippen LogP contribution >= 0.6 is 11.6 Å². The molecule has 0 unspecified atom stereocenters. The van der Waals surface area contributed by atoms with Crippen molar-refractivity contribution in [3.63, 3.8) is 0 Å². The fourth-order valence-corrected chi connectivity index (χ4v) is 5.74. The highest BCUT2D eigenvalue weighted by atomic mass is 35.5. The zero-order chi connectivity index (χ0) is 29.5. The molecule has 0 aliphatic carbocycles. The lowest BCUT2D eigenvalue weighted by molar-refractivity contribution is -0.199. The van der Waals surface area contributed by atoms with Crippen LogP contribution in [-0.2, 0) is 19.7 Å². The summed E-state index contributed by atoms with van der Waals surface area (Å²) < 4.78 is 71.2. The molecule has 0 spiro atoms. The maximum absolute atomic E-state index is 13.4. The van der Waals surface area contributed by atoms with Crippen molar-refractivity contribution in [1.29, 1.82) is 0 Å². The highest BCUT2D eigenvalue weighted by Crippen LogP contribution is 2.32. The van der Waals surface area contributed by atoms with Crippen molar-refractivity contribution in [1.82, 2.24) is 14.6 Å². The quantitative estimate of drug-likeness (QED) is 0.293. The highest BCUT2D eigenvalue weighted by molar-refractivity contribution is 7.92. The molecule has 5 rings (SSSR count). The van der Waals surface area contributed by atoms with Gasteiger partial charge in [-0.3, -0.25) is 9.36 Å². The number of sulfonamides is 1. The predicted molar refractivity (Wildman–Crippen MR) is 143 cm³/mol. The Balaban J connectivity index is 1.63. The number of pyridine rings is 1. The molecule has 214 valence electrons. The van der Waals surface area contributed by atoms with E-state index in [1.165, 1.54) is 22.8 Å². The number of benzene rings is 2. The van der Waals surface area contributed by atoms with E-state index in [1.807, 2.05) is 13.1 Å². The average molecular weight is 609 g/mol. The summed E-state index contributed by atoms with van der Waals surface area (Å²) in [6, 6.07) is 12.1. The lowest BCUT2D eigenvalue weighted by Gasteiger charge is -2.24. The van der Waals surface area contributed by atoms with Crippen molar-refractivity contribution < 1.29 is 35.7 Å². The number of alkyl halides is 3. The number of hydrogen-bond donors (Lipinski definition) is 0. The van der Waals surface area contributed by atoms with Crippen LogP contribution in [0, 0.1) is 0 Å². The average Bonchev–Trinajstić information content (AvgIpc) is 3.46. The molecule has 2 aromatic carbocycles. The third kappa shape index (κ3) is 5.58. The molecule has 1 aliphatic rings. The van der Waals surface area contributed by atoms with Gasteiger partial charge in [0, 0.05) is 41.2 Å². The van der Waals surface area contributed by atoms with Crippen LogP contribution in [0.5, 0.6) is 0 Å². The van der Waals surface area contributed by atoms with Crippen molar-refractivity contribution in [2.45, 2.75) is 17.5 Å². The first kappa shape index (κ1) is 28.4. The van der Waals surface area contributed by atoms with Crippen LogP contribution in [-0.4, -0.2) is 55.3 Å². The molecule has 0 fully saturated rings. The number of carbonyl (C=O) groups excluding carboxylic acids is 1. The molecule has 0 radical (unpaired) electrons. The number of anilines is 1. The van der Waals surface area contributed by atoms with E-state index in [9.17, 15) is 31.2 Å². The molecule has 1 aliphatic heterocycles. The molecular formula is C26H20ClF3N4O6S. The maximum Gasteiger partial charge on any atom is 0.493 e. The summed E-state index contributed by atoms with van der Waals surface area (Å²) in [5.74, 6) is -3.50. The van der Waals surface area contributed by atoms with E-state index in [-0.39, 0.29) is 9.85 Å². The van der Waals surface area contributed by atoms with E-state index in [0.717, 1.165) is 42.1 Å². The Hall–Kier alpha value is -4.14. The molecule has 2 aromatic heterocycles. The van der Waals surface area contributed by atoms with E-state index in [1.54, 1.807) is 18.2 Å². The first-order chi connectivity index (χ1) is 19.4. The van der Waals surface area contributed by atoms with Gasteiger partial charge in [-0.15, -0.1) is 0 Å². The number of nitrogens with zero attached hydrogens (tertiary/aromatic N) is 4. The van der Waals surface area contributed by atoms with Crippen LogP contribution in [0.3, 0.4) is 0 Å². The van der Waals surface area contributed by atoms with Gasteiger partial charge in [-0.25, -0.2) is 4.79 Å². The molecule has 0 saturated heterocycles. The highest BCUT2D eigenvalue weighted by Gasteiger charge is 2.45. The zero-order valence-corrected chi connectivity index (χ0v) is 22.7. The zero-order valence-electron chi connectivity index (χ0n) is 21.1. The first-order valence-corrected chi connectivity index (χ1v) is 13.8.